The summed E-state index contributed by atoms with van der Waals surface area (Å²) in [4.78, 5) is 3.57. The lowest BCUT2D eigenvalue weighted by Gasteiger charge is -2.33. The van der Waals surface area contributed by atoms with Gasteiger partial charge in [0.05, 0.1) is 0 Å². The van der Waals surface area contributed by atoms with Crippen LogP contribution in [0.3, 0.4) is 0 Å². The zero-order valence-electron chi connectivity index (χ0n) is 9.86. The summed E-state index contributed by atoms with van der Waals surface area (Å²) in [6, 6.07) is 6.85. The highest BCUT2D eigenvalue weighted by atomic mass is 32.2. The van der Waals surface area contributed by atoms with Crippen LogP contribution in [-0.2, 0) is 0 Å². The van der Waals surface area contributed by atoms with Gasteiger partial charge in [0.25, 0.3) is 0 Å². The maximum atomic E-state index is 5.91. The van der Waals surface area contributed by atoms with E-state index in [1.54, 1.807) is 11.8 Å². The third-order valence-electron chi connectivity index (χ3n) is 3.15. The number of hydrogen-bond acceptors (Lipinski definition) is 4. The molecule has 1 aromatic rings. The molecule has 2 rings (SSSR count). The molecule has 4 heteroatoms. The van der Waals surface area contributed by atoms with Gasteiger partial charge >= 0.3 is 0 Å². The van der Waals surface area contributed by atoms with Gasteiger partial charge in [-0.05, 0) is 31.0 Å². The molecule has 0 radical (unpaired) electrons. The van der Waals surface area contributed by atoms with E-state index in [9.17, 15) is 0 Å². The summed E-state index contributed by atoms with van der Waals surface area (Å²) in [6.45, 7) is 3.20. The van der Waals surface area contributed by atoms with Crippen LogP contribution in [-0.4, -0.2) is 37.8 Å². The molecule has 3 N–H and O–H groups in total. The molecule has 1 fully saturated rings. The standard InChI is InChI=1S/C12H19N3S/c1-15-6-5-14-8-11(15)9-3-4-10(13)12(7-9)16-2/h3-4,7,11,14H,5-6,8,13H2,1-2H3. The summed E-state index contributed by atoms with van der Waals surface area (Å²) in [7, 11) is 2.18. The highest BCUT2D eigenvalue weighted by Crippen LogP contribution is 2.28. The molecule has 1 aliphatic heterocycles. The number of likely N-dealkylation sites (N-methyl/N-ethyl adjacent to an activating group) is 1. The van der Waals surface area contributed by atoms with E-state index in [1.807, 2.05) is 6.07 Å². The molecule has 1 atom stereocenters. The van der Waals surface area contributed by atoms with E-state index in [2.05, 4.69) is 35.7 Å². The molecule has 1 unspecified atom stereocenters. The molecule has 0 bridgehead atoms. The Kier molecular flexibility index (Phi) is 3.74. The highest BCUT2D eigenvalue weighted by Gasteiger charge is 2.20. The van der Waals surface area contributed by atoms with Crippen LogP contribution in [0.4, 0.5) is 5.69 Å². The van der Waals surface area contributed by atoms with Crippen LogP contribution in [0.15, 0.2) is 23.1 Å². The molecule has 1 heterocycles. The van der Waals surface area contributed by atoms with Gasteiger partial charge in [0.2, 0.25) is 0 Å². The molecule has 16 heavy (non-hydrogen) atoms. The minimum Gasteiger partial charge on any atom is -0.398 e. The average molecular weight is 237 g/mol. The van der Waals surface area contributed by atoms with Gasteiger partial charge < -0.3 is 11.1 Å². The highest BCUT2D eigenvalue weighted by molar-refractivity contribution is 7.98. The van der Waals surface area contributed by atoms with Crippen molar-refractivity contribution in [2.24, 2.45) is 0 Å². The van der Waals surface area contributed by atoms with Crippen LogP contribution in [0.25, 0.3) is 0 Å². The van der Waals surface area contributed by atoms with Gasteiger partial charge in [-0.25, -0.2) is 0 Å². The van der Waals surface area contributed by atoms with E-state index in [-0.39, 0.29) is 0 Å². The number of benzene rings is 1. The van der Waals surface area contributed by atoms with Crippen molar-refractivity contribution in [3.05, 3.63) is 23.8 Å². The second kappa shape index (κ2) is 5.08. The lowest BCUT2D eigenvalue weighted by atomic mass is 10.0. The lowest BCUT2D eigenvalue weighted by Crippen LogP contribution is -2.43. The predicted molar refractivity (Wildman–Crippen MR) is 70.9 cm³/mol. The summed E-state index contributed by atoms with van der Waals surface area (Å²) in [5, 5.41) is 3.44. The largest absolute Gasteiger partial charge is 0.398 e. The number of nitrogens with one attached hydrogen (secondary N) is 1. The second-order valence-corrected chi connectivity index (χ2v) is 5.05. The Bertz CT molecular complexity index is 367. The van der Waals surface area contributed by atoms with Crippen molar-refractivity contribution in [1.29, 1.82) is 0 Å². The Balaban J connectivity index is 2.25. The molecule has 1 saturated heterocycles. The number of nitrogen functional groups attached to an aromatic ring is 1. The number of nitrogens with two attached hydrogens (primary N) is 1. The smallest absolute Gasteiger partial charge is 0.0470 e. The number of rotatable bonds is 2. The van der Waals surface area contributed by atoms with Gasteiger partial charge in [0, 0.05) is 36.3 Å². The van der Waals surface area contributed by atoms with Crippen LogP contribution in [0.5, 0.6) is 0 Å². The van der Waals surface area contributed by atoms with Crippen LogP contribution < -0.4 is 11.1 Å². The van der Waals surface area contributed by atoms with Crippen LogP contribution >= 0.6 is 11.8 Å². The van der Waals surface area contributed by atoms with Crippen molar-refractivity contribution in [2.45, 2.75) is 10.9 Å². The van der Waals surface area contributed by atoms with Gasteiger partial charge in [0.1, 0.15) is 0 Å². The molecule has 1 aliphatic rings. The monoisotopic (exact) mass is 237 g/mol. The van der Waals surface area contributed by atoms with E-state index < -0.39 is 0 Å². The van der Waals surface area contributed by atoms with Crippen LogP contribution in [0, 0.1) is 0 Å². The number of nitrogens with zero attached hydrogens (tertiary/aromatic N) is 1. The number of thioether (sulfide) groups is 1. The van der Waals surface area contributed by atoms with Gasteiger partial charge in [-0.15, -0.1) is 11.8 Å². The molecule has 1 aromatic carbocycles. The summed E-state index contributed by atoms with van der Waals surface area (Å²) in [6.07, 6.45) is 2.07. The maximum absolute atomic E-state index is 5.91. The van der Waals surface area contributed by atoms with E-state index in [0.29, 0.717) is 6.04 Å². The maximum Gasteiger partial charge on any atom is 0.0470 e. The van der Waals surface area contributed by atoms with Crippen molar-refractivity contribution in [3.8, 4) is 0 Å². The molecule has 0 spiro atoms. The van der Waals surface area contributed by atoms with Crippen molar-refractivity contribution >= 4 is 17.4 Å². The molecule has 0 aliphatic carbocycles. The van der Waals surface area contributed by atoms with Crippen molar-refractivity contribution in [1.82, 2.24) is 10.2 Å². The number of hydrogen-bond donors (Lipinski definition) is 2. The topological polar surface area (TPSA) is 41.3 Å². The SMILES string of the molecule is CSc1cc(C2CNCCN2C)ccc1N. The summed E-state index contributed by atoms with van der Waals surface area (Å²) >= 11 is 1.71. The molecular formula is C12H19N3S. The Morgan fingerprint density at radius 2 is 2.31 bits per heavy atom. The molecule has 3 nitrogen and oxygen atoms in total. The molecule has 0 saturated carbocycles. The normalized spacial score (nSPS) is 22.2. The predicted octanol–water partition coefficient (Wildman–Crippen LogP) is 1.57. The number of piperazine rings is 1. The molecule has 88 valence electrons. The van der Waals surface area contributed by atoms with Crippen molar-refractivity contribution < 1.29 is 0 Å². The van der Waals surface area contributed by atoms with E-state index in [4.69, 9.17) is 5.73 Å². The van der Waals surface area contributed by atoms with Gasteiger partial charge in [-0.2, -0.15) is 0 Å². The fraction of sp³-hybridized carbons (Fsp3) is 0.500. The summed E-state index contributed by atoms with van der Waals surface area (Å²) in [5.74, 6) is 0. The molecular weight excluding hydrogens is 218 g/mol. The van der Waals surface area contributed by atoms with E-state index in [1.165, 1.54) is 10.5 Å². The molecule has 0 amide bonds. The average Bonchev–Trinajstić information content (AvgIpc) is 2.31. The molecule has 0 aromatic heterocycles. The third kappa shape index (κ3) is 2.34. The van der Waals surface area contributed by atoms with Crippen molar-refractivity contribution in [3.63, 3.8) is 0 Å². The Labute approximate surface area is 101 Å². The third-order valence-corrected chi connectivity index (χ3v) is 3.95. The first kappa shape index (κ1) is 11.8. The van der Waals surface area contributed by atoms with E-state index in [0.717, 1.165) is 25.3 Å². The first-order valence-corrected chi connectivity index (χ1v) is 6.79. The Morgan fingerprint density at radius 3 is 3.00 bits per heavy atom. The Morgan fingerprint density at radius 1 is 1.50 bits per heavy atom. The zero-order valence-corrected chi connectivity index (χ0v) is 10.7. The lowest BCUT2D eigenvalue weighted by molar-refractivity contribution is 0.202. The minimum atomic E-state index is 0.472. The summed E-state index contributed by atoms with van der Waals surface area (Å²) in [5.41, 5.74) is 8.15. The van der Waals surface area contributed by atoms with Crippen LogP contribution in [0.2, 0.25) is 0 Å². The van der Waals surface area contributed by atoms with Crippen LogP contribution in [0.1, 0.15) is 11.6 Å². The Hall–Kier alpha value is -0.710. The van der Waals surface area contributed by atoms with E-state index >= 15 is 0 Å². The van der Waals surface area contributed by atoms with Gasteiger partial charge in [0.15, 0.2) is 0 Å². The summed E-state index contributed by atoms with van der Waals surface area (Å²) < 4.78 is 0. The quantitative estimate of drug-likeness (QED) is 0.605. The van der Waals surface area contributed by atoms with Gasteiger partial charge in [-0.3, -0.25) is 4.90 Å². The van der Waals surface area contributed by atoms with Gasteiger partial charge in [-0.1, -0.05) is 6.07 Å². The second-order valence-electron chi connectivity index (χ2n) is 4.20. The first-order chi connectivity index (χ1) is 7.72. The number of anilines is 1. The first-order valence-electron chi connectivity index (χ1n) is 5.56. The van der Waals surface area contributed by atoms with Crippen molar-refractivity contribution in [2.75, 3.05) is 38.7 Å². The minimum absolute atomic E-state index is 0.472. The fourth-order valence-corrected chi connectivity index (χ4v) is 2.67. The zero-order chi connectivity index (χ0) is 11.5. The fourth-order valence-electron chi connectivity index (χ4n) is 2.11.